The maximum Gasteiger partial charge on any atom is 0.203 e. The second-order valence-corrected chi connectivity index (χ2v) is 5.00. The van der Waals surface area contributed by atoms with Crippen LogP contribution < -0.4 is 19.5 Å². The molecule has 0 bridgehead atoms. The van der Waals surface area contributed by atoms with Crippen molar-refractivity contribution >= 4 is 12.4 Å². The summed E-state index contributed by atoms with van der Waals surface area (Å²) in [6.45, 7) is 3.03. The van der Waals surface area contributed by atoms with E-state index < -0.39 is 0 Å². The molecule has 1 aliphatic heterocycles. The molecule has 0 spiro atoms. The third kappa shape index (κ3) is 3.93. The molecule has 120 valence electrons. The molecular formula is C15H25ClN2O3. The average Bonchev–Trinajstić information content (AvgIpc) is 2.94. The number of nitrogens with zero attached hydrogens (tertiary/aromatic N) is 1. The Balaban J connectivity index is 0.00000220. The van der Waals surface area contributed by atoms with E-state index in [0.717, 1.165) is 30.9 Å². The van der Waals surface area contributed by atoms with Crippen LogP contribution in [0.5, 0.6) is 17.2 Å². The zero-order chi connectivity index (χ0) is 14.5. The highest BCUT2D eigenvalue weighted by Gasteiger charge is 2.23. The summed E-state index contributed by atoms with van der Waals surface area (Å²) in [6, 6.07) is 4.57. The van der Waals surface area contributed by atoms with Crippen molar-refractivity contribution < 1.29 is 14.2 Å². The molecule has 1 aliphatic rings. The molecule has 0 aliphatic carbocycles. The van der Waals surface area contributed by atoms with Crippen molar-refractivity contribution in [1.29, 1.82) is 0 Å². The predicted octanol–water partition coefficient (Wildman–Crippen LogP) is 1.93. The quantitative estimate of drug-likeness (QED) is 0.868. The molecule has 1 saturated heterocycles. The van der Waals surface area contributed by atoms with Crippen molar-refractivity contribution in [1.82, 2.24) is 10.2 Å². The minimum Gasteiger partial charge on any atom is -0.493 e. The van der Waals surface area contributed by atoms with Crippen molar-refractivity contribution in [2.45, 2.75) is 19.0 Å². The first kappa shape index (κ1) is 17.9. The van der Waals surface area contributed by atoms with Crippen LogP contribution in [0.2, 0.25) is 0 Å². The van der Waals surface area contributed by atoms with E-state index in [1.54, 1.807) is 21.3 Å². The molecule has 6 heteroatoms. The van der Waals surface area contributed by atoms with Gasteiger partial charge >= 0.3 is 0 Å². The van der Waals surface area contributed by atoms with Crippen molar-refractivity contribution in [3.8, 4) is 17.2 Å². The number of methoxy groups -OCH3 is 3. The minimum atomic E-state index is 0. The fourth-order valence-electron chi connectivity index (χ4n) is 2.74. The lowest BCUT2D eigenvalue weighted by molar-refractivity contribution is 0.298. The molecule has 1 unspecified atom stereocenters. The van der Waals surface area contributed by atoms with E-state index in [-0.39, 0.29) is 12.4 Å². The number of halogens is 1. The van der Waals surface area contributed by atoms with Crippen LogP contribution in [0.4, 0.5) is 0 Å². The second kappa shape index (κ2) is 8.32. The zero-order valence-electron chi connectivity index (χ0n) is 13.1. The number of benzene rings is 1. The molecule has 1 N–H and O–H groups in total. The fourth-order valence-corrected chi connectivity index (χ4v) is 2.74. The summed E-state index contributed by atoms with van der Waals surface area (Å²) in [5.74, 6) is 2.12. The lowest BCUT2D eigenvalue weighted by Gasteiger charge is -2.20. The van der Waals surface area contributed by atoms with E-state index in [2.05, 4.69) is 10.2 Å². The van der Waals surface area contributed by atoms with Gasteiger partial charge in [-0.05, 0) is 19.5 Å². The van der Waals surface area contributed by atoms with Gasteiger partial charge in [0.1, 0.15) is 0 Å². The summed E-state index contributed by atoms with van der Waals surface area (Å²) in [7, 11) is 6.96. The van der Waals surface area contributed by atoms with Gasteiger partial charge in [0.2, 0.25) is 5.75 Å². The number of likely N-dealkylation sites (N-methyl/N-ethyl adjacent to an activating group) is 1. The second-order valence-electron chi connectivity index (χ2n) is 5.00. The Morgan fingerprint density at radius 2 is 1.86 bits per heavy atom. The molecule has 2 rings (SSSR count). The molecule has 0 aromatic heterocycles. The third-order valence-corrected chi connectivity index (χ3v) is 3.86. The Bertz CT molecular complexity index is 457. The van der Waals surface area contributed by atoms with Gasteiger partial charge in [-0.1, -0.05) is 6.07 Å². The maximum atomic E-state index is 5.53. The first-order valence-electron chi connectivity index (χ1n) is 6.91. The molecule has 1 aromatic carbocycles. The summed E-state index contributed by atoms with van der Waals surface area (Å²) in [5.41, 5.74) is 1.13. The maximum absolute atomic E-state index is 5.53. The summed E-state index contributed by atoms with van der Waals surface area (Å²) >= 11 is 0. The Labute approximate surface area is 133 Å². The number of hydrogen-bond donors (Lipinski definition) is 1. The van der Waals surface area contributed by atoms with Gasteiger partial charge in [0, 0.05) is 31.2 Å². The third-order valence-electron chi connectivity index (χ3n) is 3.86. The van der Waals surface area contributed by atoms with Crippen LogP contribution in [0.25, 0.3) is 0 Å². The largest absolute Gasteiger partial charge is 0.493 e. The fraction of sp³-hybridized carbons (Fsp3) is 0.600. The van der Waals surface area contributed by atoms with Gasteiger partial charge in [-0.25, -0.2) is 0 Å². The van der Waals surface area contributed by atoms with Gasteiger partial charge in [-0.15, -0.1) is 12.4 Å². The Kier molecular flexibility index (Phi) is 7.08. The molecule has 5 nitrogen and oxygen atoms in total. The van der Waals surface area contributed by atoms with E-state index in [4.69, 9.17) is 14.2 Å². The summed E-state index contributed by atoms with van der Waals surface area (Å²) in [5, 5.41) is 3.33. The monoisotopic (exact) mass is 316 g/mol. The highest BCUT2D eigenvalue weighted by molar-refractivity contribution is 5.85. The zero-order valence-corrected chi connectivity index (χ0v) is 14.0. The van der Waals surface area contributed by atoms with E-state index in [1.165, 1.54) is 6.42 Å². The normalized spacial score (nSPS) is 18.2. The number of rotatable bonds is 6. The summed E-state index contributed by atoms with van der Waals surface area (Å²) < 4.78 is 16.3. The van der Waals surface area contributed by atoms with Crippen LogP contribution in [0.3, 0.4) is 0 Å². The SMILES string of the molecule is CNC1CCN(Cc2ccc(OC)c(OC)c2OC)C1.Cl. The van der Waals surface area contributed by atoms with E-state index in [9.17, 15) is 0 Å². The van der Waals surface area contributed by atoms with Crippen molar-refractivity contribution in [2.75, 3.05) is 41.5 Å². The summed E-state index contributed by atoms with van der Waals surface area (Å²) in [4.78, 5) is 2.42. The number of likely N-dealkylation sites (tertiary alicyclic amines) is 1. The highest BCUT2D eigenvalue weighted by Crippen LogP contribution is 2.40. The Morgan fingerprint density at radius 1 is 1.14 bits per heavy atom. The van der Waals surface area contributed by atoms with Crippen molar-refractivity contribution in [3.63, 3.8) is 0 Å². The van der Waals surface area contributed by atoms with Crippen LogP contribution in [-0.4, -0.2) is 52.4 Å². The standard InChI is InChI=1S/C15H24N2O3.ClH/c1-16-12-7-8-17(10-12)9-11-5-6-13(18-2)15(20-4)14(11)19-3;/h5-6,12,16H,7-10H2,1-4H3;1H. The van der Waals surface area contributed by atoms with Gasteiger partial charge in [0.25, 0.3) is 0 Å². The minimum absolute atomic E-state index is 0. The Morgan fingerprint density at radius 3 is 2.38 bits per heavy atom. The van der Waals surface area contributed by atoms with E-state index >= 15 is 0 Å². The Hall–Kier alpha value is -1.17. The number of nitrogens with one attached hydrogen (secondary N) is 1. The van der Waals surface area contributed by atoms with Gasteiger partial charge in [0.15, 0.2) is 11.5 Å². The average molecular weight is 317 g/mol. The van der Waals surface area contributed by atoms with Crippen LogP contribution in [-0.2, 0) is 6.54 Å². The molecule has 1 aromatic rings. The molecule has 0 radical (unpaired) electrons. The first-order chi connectivity index (χ1) is 9.73. The number of ether oxygens (including phenoxy) is 3. The molecule has 1 heterocycles. The van der Waals surface area contributed by atoms with Crippen molar-refractivity contribution in [3.05, 3.63) is 17.7 Å². The molecule has 0 amide bonds. The smallest absolute Gasteiger partial charge is 0.203 e. The lowest BCUT2D eigenvalue weighted by atomic mass is 10.1. The van der Waals surface area contributed by atoms with E-state index in [1.807, 2.05) is 19.2 Å². The molecule has 1 fully saturated rings. The topological polar surface area (TPSA) is 43.0 Å². The first-order valence-corrected chi connectivity index (χ1v) is 6.91. The number of hydrogen-bond acceptors (Lipinski definition) is 5. The van der Waals surface area contributed by atoms with Crippen molar-refractivity contribution in [2.24, 2.45) is 0 Å². The molecular weight excluding hydrogens is 292 g/mol. The van der Waals surface area contributed by atoms with Crippen LogP contribution in [0.15, 0.2) is 12.1 Å². The predicted molar refractivity (Wildman–Crippen MR) is 86.1 cm³/mol. The molecule has 21 heavy (non-hydrogen) atoms. The molecule has 1 atom stereocenters. The van der Waals surface area contributed by atoms with E-state index in [0.29, 0.717) is 17.5 Å². The van der Waals surface area contributed by atoms with Crippen LogP contribution in [0.1, 0.15) is 12.0 Å². The van der Waals surface area contributed by atoms with Gasteiger partial charge < -0.3 is 19.5 Å². The van der Waals surface area contributed by atoms with Gasteiger partial charge in [-0.2, -0.15) is 0 Å². The molecule has 0 saturated carbocycles. The summed E-state index contributed by atoms with van der Waals surface area (Å²) in [6.07, 6.45) is 1.19. The lowest BCUT2D eigenvalue weighted by Crippen LogP contribution is -2.29. The van der Waals surface area contributed by atoms with Gasteiger partial charge in [-0.3, -0.25) is 4.90 Å². The highest BCUT2D eigenvalue weighted by atomic mass is 35.5. The van der Waals surface area contributed by atoms with Crippen LogP contribution >= 0.6 is 12.4 Å². The van der Waals surface area contributed by atoms with Crippen LogP contribution in [0, 0.1) is 0 Å². The van der Waals surface area contributed by atoms with Gasteiger partial charge in [0.05, 0.1) is 21.3 Å².